The maximum absolute atomic E-state index is 11.2. The van der Waals surface area contributed by atoms with Crippen LogP contribution in [0.2, 0.25) is 0 Å². The summed E-state index contributed by atoms with van der Waals surface area (Å²) in [4.78, 5) is 20.7. The molecule has 0 bridgehead atoms. The van der Waals surface area contributed by atoms with Crippen molar-refractivity contribution in [3.8, 4) is 0 Å². The van der Waals surface area contributed by atoms with Gasteiger partial charge in [0.15, 0.2) is 0 Å². The second-order valence-electron chi connectivity index (χ2n) is 9.61. The van der Waals surface area contributed by atoms with Crippen molar-refractivity contribution in [1.29, 1.82) is 0 Å². The Labute approximate surface area is 255 Å². The smallest absolute Gasteiger partial charge is 0.299 e. The molecule has 0 radical (unpaired) electrons. The summed E-state index contributed by atoms with van der Waals surface area (Å²) in [5.41, 5.74) is 1.78. The predicted octanol–water partition coefficient (Wildman–Crippen LogP) is 5.97. The highest BCUT2D eigenvalue weighted by Crippen LogP contribution is 2.40. The van der Waals surface area contributed by atoms with Gasteiger partial charge >= 0.3 is 0 Å². The number of anilines is 1. The lowest BCUT2D eigenvalue weighted by atomic mass is 9.80. The molecular formula is C33H35N3O8. The van der Waals surface area contributed by atoms with Crippen LogP contribution in [0.5, 0.6) is 0 Å². The first kappa shape index (κ1) is 32.2. The molecule has 4 aromatic carbocycles. The van der Waals surface area contributed by atoms with E-state index in [0.29, 0.717) is 39.6 Å². The minimum absolute atomic E-state index is 0.190. The minimum Gasteiger partial charge on any atom is -0.377 e. The Balaban J connectivity index is 1.16. The number of rotatable bonds is 19. The minimum atomic E-state index is -0.792. The van der Waals surface area contributed by atoms with Crippen LogP contribution in [-0.4, -0.2) is 62.6 Å². The molecule has 4 rings (SSSR count). The number of nitro groups is 2. The topological polar surface area (TPSA) is 135 Å². The third-order valence-electron chi connectivity index (χ3n) is 6.78. The summed E-state index contributed by atoms with van der Waals surface area (Å²) < 4.78 is 23.5. The molecule has 0 unspecified atom stereocenters. The molecule has 4 aromatic rings. The van der Waals surface area contributed by atoms with Crippen molar-refractivity contribution >= 4 is 17.1 Å². The van der Waals surface area contributed by atoms with Crippen LogP contribution in [0, 0.1) is 20.2 Å². The van der Waals surface area contributed by atoms with Gasteiger partial charge in [0, 0.05) is 12.6 Å². The van der Waals surface area contributed by atoms with Gasteiger partial charge in [-0.05, 0) is 22.8 Å². The van der Waals surface area contributed by atoms with Crippen LogP contribution < -0.4 is 5.32 Å². The molecule has 11 heteroatoms. The van der Waals surface area contributed by atoms with Gasteiger partial charge in [0.05, 0.1) is 62.2 Å². The lowest BCUT2D eigenvalue weighted by Gasteiger charge is -2.36. The Kier molecular flexibility index (Phi) is 12.3. The van der Waals surface area contributed by atoms with E-state index in [1.54, 1.807) is 0 Å². The molecule has 0 aliphatic carbocycles. The first-order valence-electron chi connectivity index (χ1n) is 14.2. The zero-order chi connectivity index (χ0) is 31.0. The van der Waals surface area contributed by atoms with Crippen molar-refractivity contribution in [3.63, 3.8) is 0 Å². The molecule has 230 valence electrons. The van der Waals surface area contributed by atoms with Crippen molar-refractivity contribution in [1.82, 2.24) is 0 Å². The summed E-state index contributed by atoms with van der Waals surface area (Å²) >= 11 is 0. The maximum atomic E-state index is 11.2. The van der Waals surface area contributed by atoms with Gasteiger partial charge in [0.25, 0.3) is 11.4 Å². The SMILES string of the molecule is O=[N+]([O-])c1ccc(NCCOCCOCCOCCOC(c2ccccc2)(c2ccccc2)c2ccccc2)c([N+](=O)[O-])c1. The molecule has 1 N–H and O–H groups in total. The molecular weight excluding hydrogens is 566 g/mol. The Bertz CT molecular complexity index is 1360. The van der Waals surface area contributed by atoms with E-state index < -0.39 is 15.4 Å². The average molecular weight is 602 g/mol. The lowest BCUT2D eigenvalue weighted by Crippen LogP contribution is -2.34. The molecule has 0 atom stereocenters. The number of nitrogens with one attached hydrogen (secondary N) is 1. The van der Waals surface area contributed by atoms with E-state index in [1.807, 2.05) is 54.6 Å². The van der Waals surface area contributed by atoms with E-state index in [1.165, 1.54) is 12.1 Å². The summed E-state index contributed by atoms with van der Waals surface area (Å²) in [6, 6.07) is 34.0. The molecule has 0 amide bonds. The Morgan fingerprint density at radius 1 is 0.568 bits per heavy atom. The monoisotopic (exact) mass is 601 g/mol. The summed E-state index contributed by atoms with van der Waals surface area (Å²) in [6.45, 7) is 2.78. The van der Waals surface area contributed by atoms with Gasteiger partial charge in [-0.1, -0.05) is 91.0 Å². The van der Waals surface area contributed by atoms with Crippen LogP contribution in [0.4, 0.5) is 17.1 Å². The Morgan fingerprint density at radius 2 is 1.02 bits per heavy atom. The van der Waals surface area contributed by atoms with Gasteiger partial charge in [-0.3, -0.25) is 20.2 Å². The average Bonchev–Trinajstić information content (AvgIpc) is 3.06. The number of nitrogens with zero attached hydrogens (tertiary/aromatic N) is 2. The Morgan fingerprint density at radius 3 is 1.48 bits per heavy atom. The molecule has 11 nitrogen and oxygen atoms in total. The van der Waals surface area contributed by atoms with Crippen LogP contribution >= 0.6 is 0 Å². The van der Waals surface area contributed by atoms with E-state index in [2.05, 4.69) is 41.7 Å². The molecule has 0 aromatic heterocycles. The first-order valence-corrected chi connectivity index (χ1v) is 14.2. The quantitative estimate of drug-likeness (QED) is 0.0596. The number of ether oxygens (including phenoxy) is 4. The maximum Gasteiger partial charge on any atom is 0.299 e. The normalized spacial score (nSPS) is 11.3. The van der Waals surface area contributed by atoms with Gasteiger partial charge in [-0.25, -0.2) is 0 Å². The number of hydrogen-bond acceptors (Lipinski definition) is 9. The van der Waals surface area contributed by atoms with Crippen LogP contribution in [0.1, 0.15) is 16.7 Å². The van der Waals surface area contributed by atoms with Gasteiger partial charge < -0.3 is 24.3 Å². The fourth-order valence-electron chi connectivity index (χ4n) is 4.76. The van der Waals surface area contributed by atoms with Crippen molar-refractivity contribution in [2.24, 2.45) is 0 Å². The first-order chi connectivity index (χ1) is 21.5. The largest absolute Gasteiger partial charge is 0.377 e. The predicted molar refractivity (Wildman–Crippen MR) is 166 cm³/mol. The van der Waals surface area contributed by atoms with Crippen molar-refractivity contribution in [2.45, 2.75) is 5.60 Å². The van der Waals surface area contributed by atoms with Crippen LogP contribution in [-0.2, 0) is 24.5 Å². The highest BCUT2D eigenvalue weighted by atomic mass is 16.6. The molecule has 0 saturated carbocycles. The Hall–Kier alpha value is -4.68. The van der Waals surface area contributed by atoms with E-state index in [4.69, 9.17) is 18.9 Å². The van der Waals surface area contributed by atoms with Crippen molar-refractivity contribution in [3.05, 3.63) is 146 Å². The second-order valence-corrected chi connectivity index (χ2v) is 9.61. The fraction of sp³-hybridized carbons (Fsp3) is 0.273. The van der Waals surface area contributed by atoms with Gasteiger partial charge in [-0.2, -0.15) is 0 Å². The van der Waals surface area contributed by atoms with Crippen molar-refractivity contribution < 1.29 is 28.8 Å². The van der Waals surface area contributed by atoms with E-state index >= 15 is 0 Å². The third kappa shape index (κ3) is 8.68. The summed E-state index contributed by atoms with van der Waals surface area (Å²) in [5, 5.41) is 24.9. The zero-order valence-electron chi connectivity index (χ0n) is 24.2. The van der Waals surface area contributed by atoms with Gasteiger partial charge in [-0.15, -0.1) is 0 Å². The molecule has 0 heterocycles. The number of nitro benzene ring substituents is 2. The summed E-state index contributed by atoms with van der Waals surface area (Å²) in [5.74, 6) is 0. The number of non-ortho nitro benzene ring substituents is 1. The highest BCUT2D eigenvalue weighted by molar-refractivity contribution is 5.65. The van der Waals surface area contributed by atoms with Crippen LogP contribution in [0.3, 0.4) is 0 Å². The lowest BCUT2D eigenvalue weighted by molar-refractivity contribution is -0.393. The van der Waals surface area contributed by atoms with Crippen molar-refractivity contribution in [2.75, 3.05) is 58.1 Å². The molecule has 0 aliphatic rings. The number of hydrogen-bond donors (Lipinski definition) is 1. The zero-order valence-corrected chi connectivity index (χ0v) is 24.2. The van der Waals surface area contributed by atoms with Crippen LogP contribution in [0.25, 0.3) is 0 Å². The van der Waals surface area contributed by atoms with E-state index in [-0.39, 0.29) is 30.2 Å². The second kappa shape index (κ2) is 16.8. The molecule has 0 spiro atoms. The molecule has 44 heavy (non-hydrogen) atoms. The van der Waals surface area contributed by atoms with E-state index in [0.717, 1.165) is 22.8 Å². The highest BCUT2D eigenvalue weighted by Gasteiger charge is 2.37. The molecule has 0 aliphatic heterocycles. The van der Waals surface area contributed by atoms with Gasteiger partial charge in [0.1, 0.15) is 11.3 Å². The number of benzene rings is 4. The fourth-order valence-corrected chi connectivity index (χ4v) is 4.76. The van der Waals surface area contributed by atoms with Gasteiger partial charge in [0.2, 0.25) is 0 Å². The van der Waals surface area contributed by atoms with E-state index in [9.17, 15) is 20.2 Å². The standard InChI is InChI=1S/C33H35N3O8/c37-35(38)30-16-17-31(32(26-30)36(39)40)34-18-19-41-20-21-42-22-23-43-24-25-44-33(27-10-4-1-5-11-27,28-12-6-2-7-13-28)29-14-8-3-9-15-29/h1-17,26,34H,18-25H2. The van der Waals surface area contributed by atoms with Crippen LogP contribution in [0.15, 0.2) is 109 Å². The molecule has 0 fully saturated rings. The summed E-state index contributed by atoms with van der Waals surface area (Å²) in [7, 11) is 0. The summed E-state index contributed by atoms with van der Waals surface area (Å²) in [6.07, 6.45) is 0. The molecule has 0 saturated heterocycles. The third-order valence-corrected chi connectivity index (χ3v) is 6.78.